The zero-order valence-corrected chi connectivity index (χ0v) is 14.1. The van der Waals surface area contributed by atoms with Crippen molar-refractivity contribution in [3.05, 3.63) is 34.2 Å². The summed E-state index contributed by atoms with van der Waals surface area (Å²) in [6.07, 6.45) is 1.58. The van der Waals surface area contributed by atoms with Crippen LogP contribution in [0, 0.1) is 0 Å². The van der Waals surface area contributed by atoms with Gasteiger partial charge in [0, 0.05) is 37.7 Å². The second-order valence-electron chi connectivity index (χ2n) is 6.13. The maximum atomic E-state index is 12.3. The molecular weight excluding hydrogens is 310 g/mol. The van der Waals surface area contributed by atoms with E-state index in [-0.39, 0.29) is 16.9 Å². The molecule has 0 radical (unpaired) electrons. The molecule has 1 aliphatic rings. The van der Waals surface area contributed by atoms with E-state index in [4.69, 9.17) is 13.9 Å². The Bertz CT molecular complexity index is 764. The average molecular weight is 333 g/mol. The zero-order valence-electron chi connectivity index (χ0n) is 14.1. The van der Waals surface area contributed by atoms with Crippen LogP contribution in [0.1, 0.15) is 19.1 Å². The highest BCUT2D eigenvalue weighted by Crippen LogP contribution is 2.30. The van der Waals surface area contributed by atoms with E-state index in [1.807, 2.05) is 0 Å². The van der Waals surface area contributed by atoms with Crippen LogP contribution < -0.4 is 10.2 Å². The Kier molecular flexibility index (Phi) is 5.06. The van der Waals surface area contributed by atoms with E-state index in [9.17, 15) is 9.90 Å². The summed E-state index contributed by atoms with van der Waals surface area (Å²) in [7, 11) is 1.45. The standard InChI is InChI=1S/C18H23NO5/c1-12(19-5-7-23-8-6-19)3-4-13-9-15(20)14-10-18(22-2)16(21)11-17(14)24-13/h9-12,21H,3-8H2,1-2H3. The second kappa shape index (κ2) is 7.23. The number of morpholine rings is 1. The summed E-state index contributed by atoms with van der Waals surface area (Å²) < 4.78 is 16.2. The van der Waals surface area contributed by atoms with Crippen molar-refractivity contribution < 1.29 is 19.0 Å². The van der Waals surface area contributed by atoms with Gasteiger partial charge in [-0.3, -0.25) is 9.69 Å². The lowest BCUT2D eigenvalue weighted by Gasteiger charge is -2.32. The first-order valence-corrected chi connectivity index (χ1v) is 8.24. The molecule has 1 aliphatic heterocycles. The van der Waals surface area contributed by atoms with Crippen LogP contribution in [0.5, 0.6) is 11.5 Å². The molecule has 1 atom stereocenters. The molecule has 0 saturated carbocycles. The molecule has 1 N–H and O–H groups in total. The largest absolute Gasteiger partial charge is 0.504 e. The van der Waals surface area contributed by atoms with Crippen molar-refractivity contribution in [1.29, 1.82) is 0 Å². The molecule has 1 unspecified atom stereocenters. The topological polar surface area (TPSA) is 72.1 Å². The van der Waals surface area contributed by atoms with Crippen molar-refractivity contribution in [2.45, 2.75) is 25.8 Å². The van der Waals surface area contributed by atoms with Crippen molar-refractivity contribution in [3.63, 3.8) is 0 Å². The average Bonchev–Trinajstić information content (AvgIpc) is 2.60. The molecule has 2 heterocycles. The number of phenols is 1. The third-order valence-corrected chi connectivity index (χ3v) is 4.56. The van der Waals surface area contributed by atoms with Crippen molar-refractivity contribution in [2.75, 3.05) is 33.4 Å². The molecule has 1 aromatic carbocycles. The minimum atomic E-state index is -0.122. The van der Waals surface area contributed by atoms with Gasteiger partial charge in [-0.2, -0.15) is 0 Å². The fourth-order valence-corrected chi connectivity index (χ4v) is 3.06. The van der Waals surface area contributed by atoms with Gasteiger partial charge < -0.3 is 19.0 Å². The number of hydrogen-bond donors (Lipinski definition) is 1. The fraction of sp³-hybridized carbons (Fsp3) is 0.500. The van der Waals surface area contributed by atoms with Gasteiger partial charge in [-0.15, -0.1) is 0 Å². The van der Waals surface area contributed by atoms with E-state index >= 15 is 0 Å². The highest BCUT2D eigenvalue weighted by Gasteiger charge is 2.17. The zero-order chi connectivity index (χ0) is 17.1. The van der Waals surface area contributed by atoms with Crippen LogP contribution in [-0.4, -0.2) is 49.5 Å². The molecule has 0 bridgehead atoms. The molecule has 6 heteroatoms. The molecule has 0 aliphatic carbocycles. The van der Waals surface area contributed by atoms with E-state index in [2.05, 4.69) is 11.8 Å². The summed E-state index contributed by atoms with van der Waals surface area (Å²) in [6.45, 7) is 5.61. The van der Waals surface area contributed by atoms with Gasteiger partial charge in [-0.25, -0.2) is 0 Å². The Morgan fingerprint density at radius 2 is 2.04 bits per heavy atom. The molecule has 130 valence electrons. The lowest BCUT2D eigenvalue weighted by Crippen LogP contribution is -2.42. The quantitative estimate of drug-likeness (QED) is 0.904. The smallest absolute Gasteiger partial charge is 0.193 e. The van der Waals surface area contributed by atoms with E-state index < -0.39 is 0 Å². The Morgan fingerprint density at radius 1 is 1.29 bits per heavy atom. The van der Waals surface area contributed by atoms with Crippen LogP contribution in [0.25, 0.3) is 11.0 Å². The molecule has 1 aromatic heterocycles. The Balaban J connectivity index is 1.76. The number of fused-ring (bicyclic) bond motifs is 1. The number of nitrogens with zero attached hydrogens (tertiary/aromatic N) is 1. The van der Waals surface area contributed by atoms with Crippen LogP contribution in [0.4, 0.5) is 0 Å². The monoisotopic (exact) mass is 333 g/mol. The molecule has 0 spiro atoms. The summed E-state index contributed by atoms with van der Waals surface area (Å²) in [6, 6.07) is 4.88. The fourth-order valence-electron chi connectivity index (χ4n) is 3.06. The number of rotatable bonds is 5. The van der Waals surface area contributed by atoms with E-state index in [1.165, 1.54) is 25.3 Å². The van der Waals surface area contributed by atoms with Gasteiger partial charge in [0.25, 0.3) is 0 Å². The minimum Gasteiger partial charge on any atom is -0.504 e. The first-order valence-electron chi connectivity index (χ1n) is 8.24. The van der Waals surface area contributed by atoms with E-state index in [1.54, 1.807) is 0 Å². The molecular formula is C18H23NO5. The van der Waals surface area contributed by atoms with Gasteiger partial charge in [0.1, 0.15) is 11.3 Å². The maximum Gasteiger partial charge on any atom is 0.193 e. The Labute approximate surface area is 140 Å². The van der Waals surface area contributed by atoms with Gasteiger partial charge in [0.2, 0.25) is 0 Å². The Morgan fingerprint density at radius 3 is 2.75 bits per heavy atom. The minimum absolute atomic E-state index is 0.0352. The summed E-state index contributed by atoms with van der Waals surface area (Å²) in [5.41, 5.74) is 0.262. The van der Waals surface area contributed by atoms with Crippen LogP contribution in [0.15, 0.2) is 27.4 Å². The van der Waals surface area contributed by atoms with Crippen molar-refractivity contribution in [3.8, 4) is 11.5 Å². The second-order valence-corrected chi connectivity index (χ2v) is 6.13. The number of ether oxygens (including phenoxy) is 2. The normalized spacial score (nSPS) is 17.1. The van der Waals surface area contributed by atoms with Gasteiger partial charge >= 0.3 is 0 Å². The van der Waals surface area contributed by atoms with Crippen LogP contribution in [-0.2, 0) is 11.2 Å². The summed E-state index contributed by atoms with van der Waals surface area (Å²) in [4.78, 5) is 14.7. The lowest BCUT2D eigenvalue weighted by molar-refractivity contribution is 0.0185. The number of aryl methyl sites for hydroxylation is 1. The number of benzene rings is 1. The molecule has 2 aromatic rings. The predicted octanol–water partition coefficient (Wildman–Crippen LogP) is 2.16. The number of phenolic OH excluding ortho intramolecular Hbond substituents is 1. The lowest BCUT2D eigenvalue weighted by atomic mass is 10.1. The highest BCUT2D eigenvalue weighted by molar-refractivity contribution is 5.80. The maximum absolute atomic E-state index is 12.3. The molecule has 24 heavy (non-hydrogen) atoms. The van der Waals surface area contributed by atoms with Gasteiger partial charge in [-0.1, -0.05) is 0 Å². The van der Waals surface area contributed by atoms with Gasteiger partial charge in [-0.05, 0) is 19.4 Å². The van der Waals surface area contributed by atoms with Crippen molar-refractivity contribution >= 4 is 11.0 Å². The first-order chi connectivity index (χ1) is 11.6. The third kappa shape index (κ3) is 3.55. The summed E-state index contributed by atoms with van der Waals surface area (Å²) >= 11 is 0. The molecule has 1 saturated heterocycles. The third-order valence-electron chi connectivity index (χ3n) is 4.56. The molecule has 1 fully saturated rings. The van der Waals surface area contributed by atoms with Crippen molar-refractivity contribution in [1.82, 2.24) is 4.90 Å². The molecule has 0 amide bonds. The highest BCUT2D eigenvalue weighted by atomic mass is 16.5. The predicted molar refractivity (Wildman–Crippen MR) is 90.9 cm³/mol. The van der Waals surface area contributed by atoms with E-state index in [0.717, 1.165) is 32.7 Å². The van der Waals surface area contributed by atoms with Crippen molar-refractivity contribution in [2.24, 2.45) is 0 Å². The first kappa shape index (κ1) is 16.8. The molecule has 3 rings (SSSR count). The van der Waals surface area contributed by atoms with Crippen LogP contribution in [0.2, 0.25) is 0 Å². The number of methoxy groups -OCH3 is 1. The SMILES string of the molecule is COc1cc2c(=O)cc(CCC(C)N3CCOCC3)oc2cc1O. The number of hydrogen-bond acceptors (Lipinski definition) is 6. The Hall–Kier alpha value is -2.05. The van der Waals surface area contributed by atoms with Gasteiger partial charge in [0.05, 0.1) is 25.7 Å². The van der Waals surface area contributed by atoms with E-state index in [0.29, 0.717) is 29.2 Å². The van der Waals surface area contributed by atoms with Crippen LogP contribution in [0.3, 0.4) is 0 Å². The number of aromatic hydroxyl groups is 1. The molecule has 6 nitrogen and oxygen atoms in total. The summed E-state index contributed by atoms with van der Waals surface area (Å²) in [5, 5.41) is 10.3. The van der Waals surface area contributed by atoms with Gasteiger partial charge in [0.15, 0.2) is 16.9 Å². The summed E-state index contributed by atoms with van der Waals surface area (Å²) in [5.74, 6) is 0.868. The van der Waals surface area contributed by atoms with Crippen LogP contribution >= 0.6 is 0 Å².